The number of carbonyl (C=O) groups is 6. The molecule has 0 amide bonds. The Morgan fingerprint density at radius 3 is 0.589 bits per heavy atom. The zero-order valence-corrected chi connectivity index (χ0v) is 68.6. The van der Waals surface area contributed by atoms with Crippen molar-refractivity contribution in [1.82, 2.24) is 79.7 Å². The van der Waals surface area contributed by atoms with E-state index < -0.39 is 72.1 Å². The molecule has 0 aliphatic carbocycles. The van der Waals surface area contributed by atoms with Crippen LogP contribution in [-0.2, 0) is 95.7 Å². The minimum Gasteiger partial charge on any atom is -0.467 e. The Hall–Kier alpha value is -15.4. The van der Waals surface area contributed by atoms with Gasteiger partial charge in [-0.3, -0.25) is 4.90 Å². The van der Waals surface area contributed by atoms with E-state index in [9.17, 15) is 28.8 Å². The van der Waals surface area contributed by atoms with Gasteiger partial charge < -0.3 is 106 Å². The van der Waals surface area contributed by atoms with Gasteiger partial charge in [-0.25, -0.2) is 28.8 Å². The lowest BCUT2D eigenvalue weighted by Crippen LogP contribution is -2.38. The summed E-state index contributed by atoms with van der Waals surface area (Å²) in [6, 6.07) is 40.0. The van der Waals surface area contributed by atoms with Crippen molar-refractivity contribution in [2.75, 3.05) is 130 Å². The molecule has 15 N–H and O–H groups in total. The molecule has 6 aromatic carbocycles. The number of H-pyrrole nitrogens is 6. The molecule has 0 saturated heterocycles. The molecule has 0 fully saturated rings. The second-order valence-electron chi connectivity index (χ2n) is 29.2. The van der Waals surface area contributed by atoms with Crippen LogP contribution in [0.25, 0.3) is 65.4 Å². The van der Waals surface area contributed by atoms with Crippen LogP contribution >= 0.6 is 0 Å². The van der Waals surface area contributed by atoms with Crippen LogP contribution < -0.4 is 47.9 Å². The molecule has 638 valence electrons. The van der Waals surface area contributed by atoms with Crippen molar-refractivity contribution in [3.05, 3.63) is 216 Å². The molecule has 9 aromatic heterocycles. The number of nitrogens with zero attached hydrogens (tertiary/aromatic N) is 10. The van der Waals surface area contributed by atoms with Crippen LogP contribution in [0.3, 0.4) is 0 Å². The molecule has 124 heavy (non-hydrogen) atoms. The molecule has 15 rings (SSSR count). The van der Waals surface area contributed by atoms with Crippen LogP contribution in [0.4, 0.5) is 53.5 Å². The second-order valence-corrected chi connectivity index (χ2v) is 29.2. The summed E-state index contributed by atoms with van der Waals surface area (Å²) >= 11 is 0. The number of methoxy groups -OCH3 is 6. The number of nitrogens with one attached hydrogen (secondary N) is 15. The summed E-state index contributed by atoms with van der Waals surface area (Å²) in [5, 5.41) is 34.8. The van der Waals surface area contributed by atoms with Gasteiger partial charge in [0.1, 0.15) is 36.3 Å². The topological polar surface area (TPSA) is 480 Å². The third-order valence-electron chi connectivity index (χ3n) is 21.4. The SMILES string of the molecule is COC(=O)[C@H](Cc1c[nH]c2ccccc12)Nc1nc(NCCN(CCNc2nc(N[C@@H](Cc3c[nH]c4ccccc34)C(=O)OC)nc(N[C@@H](Cc3c[nH]c4ccccc34)C(=O)OC)n2)CCNc2nc(N[C@@H](Cc3c[nH]c4ccccc34)C(=O)OC)nc(N[C@@H](Cc3c[nH]c4ccccc34)C(=O)OC)n2)nc(N[C@@H](Cc2c[nH]c3ccccc23)C(=O)OC)n1. The largest absolute Gasteiger partial charge is 0.467 e. The Bertz CT molecular complexity index is 5340. The maximum atomic E-state index is 13.9. The van der Waals surface area contributed by atoms with E-state index in [1.165, 1.54) is 42.7 Å². The van der Waals surface area contributed by atoms with Crippen LogP contribution in [0.5, 0.6) is 0 Å². The van der Waals surface area contributed by atoms with Gasteiger partial charge in [0.2, 0.25) is 53.5 Å². The van der Waals surface area contributed by atoms with Gasteiger partial charge in [-0.05, 0) is 69.8 Å². The molecule has 37 nitrogen and oxygen atoms in total. The molecular weight excluding hydrogens is 1590 g/mol. The number of esters is 6. The number of anilines is 9. The van der Waals surface area contributed by atoms with Crippen LogP contribution in [0.15, 0.2) is 183 Å². The highest BCUT2D eigenvalue weighted by Gasteiger charge is 2.32. The van der Waals surface area contributed by atoms with Gasteiger partial charge in [-0.2, -0.15) is 44.9 Å². The summed E-state index contributed by atoms with van der Waals surface area (Å²) in [5.41, 5.74) is 10.1. The monoisotopic (exact) mass is 1680 g/mol. The van der Waals surface area contributed by atoms with Gasteiger partial charge in [0, 0.05) is 180 Å². The van der Waals surface area contributed by atoms with E-state index in [-0.39, 0.29) is 131 Å². The fourth-order valence-corrected chi connectivity index (χ4v) is 15.1. The van der Waals surface area contributed by atoms with E-state index in [1.54, 1.807) is 0 Å². The highest BCUT2D eigenvalue weighted by molar-refractivity contribution is 5.91. The Kier molecular flexibility index (Phi) is 26.4. The highest BCUT2D eigenvalue weighted by Crippen LogP contribution is 2.29. The number of aromatic amines is 6. The first kappa shape index (κ1) is 83.6. The van der Waals surface area contributed by atoms with Crippen molar-refractivity contribution >= 4 is 155 Å². The van der Waals surface area contributed by atoms with Crippen molar-refractivity contribution < 1.29 is 57.2 Å². The van der Waals surface area contributed by atoms with Crippen LogP contribution in [0, 0.1) is 0 Å². The smallest absolute Gasteiger partial charge is 0.328 e. The molecule has 0 aliphatic heterocycles. The molecule has 0 unspecified atom stereocenters. The third kappa shape index (κ3) is 20.2. The second kappa shape index (κ2) is 39.2. The molecular formula is C87H93N25O12. The minimum atomic E-state index is -1.03. The summed E-state index contributed by atoms with van der Waals surface area (Å²) in [7, 11) is 7.76. The fraction of sp³-hybridized carbons (Fsp3) is 0.276. The minimum absolute atomic E-state index is 0.0351. The molecule has 0 bridgehead atoms. The van der Waals surface area contributed by atoms with E-state index >= 15 is 0 Å². The lowest BCUT2D eigenvalue weighted by Gasteiger charge is -2.24. The number of para-hydroxylation sites is 6. The van der Waals surface area contributed by atoms with E-state index in [2.05, 4.69) is 82.7 Å². The average Bonchev–Trinajstić information content (AvgIpc) is 1.68. The molecule has 6 atom stereocenters. The number of hydrogen-bond donors (Lipinski definition) is 15. The summed E-state index contributed by atoms with van der Waals surface area (Å²) in [6.45, 7) is 1.09. The van der Waals surface area contributed by atoms with Crippen molar-refractivity contribution in [1.29, 1.82) is 0 Å². The number of fused-ring (bicyclic) bond motifs is 6. The number of carbonyl (C=O) groups excluding carboxylic acids is 6. The number of hydrogen-bond acceptors (Lipinski definition) is 31. The van der Waals surface area contributed by atoms with E-state index in [0.29, 0.717) is 0 Å². The van der Waals surface area contributed by atoms with E-state index in [1.807, 2.05) is 183 Å². The Morgan fingerprint density at radius 1 is 0.258 bits per heavy atom. The predicted octanol–water partition coefficient (Wildman–Crippen LogP) is 9.24. The normalized spacial score (nSPS) is 12.9. The Balaban J connectivity index is 0.755. The van der Waals surface area contributed by atoms with Gasteiger partial charge in [0.05, 0.1) is 42.7 Å². The van der Waals surface area contributed by atoms with Crippen molar-refractivity contribution in [2.45, 2.75) is 74.8 Å². The maximum Gasteiger partial charge on any atom is 0.328 e. The standard InChI is InChI=1S/C87H93N25O12/c1-119-73(113)67(37-49-43-91-61-25-13-7-19-55(49)61)97-82-103-79(104-83(109-82)98-68(74(114)120-2)38-50-44-92-62-26-14-8-20-56(50)62)88-31-34-112(35-32-89-80-105-84(99-69(75(115)121-3)39-51-45-93-63-27-15-9-21-57(51)63)110-85(106-80)100-70(76(116)122-4)40-52-46-94-64-28-16-10-22-58(52)64)36-33-90-81-107-86(101-71(77(117)123-5)41-53-47-95-65-29-17-11-23-59(53)65)111-87(108-81)102-72(78(118)124-6)42-54-48-96-66-30-18-12-24-60(54)66/h7-30,43-48,67-72,91-96H,31-42H2,1-6H3,(H3,88,97,98,103,104,109)(H3,89,99,100,105,106,110)(H3,90,101,102,107,108,111)/t67-,68-,69-,70-,71-,72-/m0/s1. The van der Waals surface area contributed by atoms with Crippen molar-refractivity contribution in [3.63, 3.8) is 0 Å². The fourth-order valence-electron chi connectivity index (χ4n) is 15.1. The molecule has 0 spiro atoms. The van der Waals surface area contributed by atoms with E-state index in [0.717, 1.165) is 98.8 Å². The van der Waals surface area contributed by atoms with Gasteiger partial charge in [-0.1, -0.05) is 109 Å². The molecule has 0 aliphatic rings. The zero-order valence-electron chi connectivity index (χ0n) is 68.6. The maximum absolute atomic E-state index is 13.9. The van der Waals surface area contributed by atoms with Crippen LogP contribution in [0.1, 0.15) is 33.4 Å². The van der Waals surface area contributed by atoms with Crippen LogP contribution in [0.2, 0.25) is 0 Å². The van der Waals surface area contributed by atoms with Gasteiger partial charge in [0.15, 0.2) is 0 Å². The van der Waals surface area contributed by atoms with E-state index in [4.69, 9.17) is 73.3 Å². The third-order valence-corrected chi connectivity index (χ3v) is 21.4. The predicted molar refractivity (Wildman–Crippen MR) is 470 cm³/mol. The van der Waals surface area contributed by atoms with Crippen molar-refractivity contribution in [2.24, 2.45) is 0 Å². The highest BCUT2D eigenvalue weighted by atomic mass is 16.5. The number of aromatic nitrogens is 15. The van der Waals surface area contributed by atoms with Crippen molar-refractivity contribution in [3.8, 4) is 0 Å². The Labute approximate surface area is 709 Å². The van der Waals surface area contributed by atoms with Crippen LogP contribution in [-0.4, -0.2) is 234 Å². The summed E-state index contributed by atoms with van der Waals surface area (Å²) in [4.78, 5) is 148. The number of rotatable bonds is 42. The lowest BCUT2D eigenvalue weighted by molar-refractivity contribution is -0.142. The number of ether oxygens (including phenoxy) is 6. The quantitative estimate of drug-likeness (QED) is 0.0125. The number of benzene rings is 6. The summed E-state index contributed by atoms with van der Waals surface area (Å²) in [5.74, 6) is -3.81. The first-order valence-corrected chi connectivity index (χ1v) is 40.1. The van der Waals surface area contributed by atoms with Gasteiger partial charge >= 0.3 is 35.8 Å². The van der Waals surface area contributed by atoms with Gasteiger partial charge in [-0.15, -0.1) is 0 Å². The summed E-state index contributed by atoms with van der Waals surface area (Å²) in [6.07, 6.45) is 11.9. The Morgan fingerprint density at radius 2 is 0.419 bits per heavy atom. The molecule has 15 aromatic rings. The lowest BCUT2D eigenvalue weighted by atomic mass is 10.1. The molecule has 0 radical (unpaired) electrons. The summed E-state index contributed by atoms with van der Waals surface area (Å²) < 4.78 is 32.2. The molecule has 9 heterocycles. The molecule has 0 saturated carbocycles. The molecule has 37 heteroatoms. The zero-order chi connectivity index (χ0) is 86.0. The first-order chi connectivity index (χ1) is 60.6. The first-order valence-electron chi connectivity index (χ1n) is 40.1. The average molecular weight is 1680 g/mol. The van der Waals surface area contributed by atoms with Gasteiger partial charge in [0.25, 0.3) is 0 Å².